The smallest absolute Gasteiger partial charge is 0.169 e. The molecule has 0 radical (unpaired) electrons. The molecule has 1 fully saturated rings. The molecule has 0 spiro atoms. The van der Waals surface area contributed by atoms with Gasteiger partial charge in [-0.15, -0.1) is 0 Å². The molecule has 1 saturated carbocycles. The van der Waals surface area contributed by atoms with Crippen molar-refractivity contribution in [2.45, 2.75) is 32.3 Å². The Balaban J connectivity index is 1.97. The number of aromatic nitrogens is 3. The van der Waals surface area contributed by atoms with Gasteiger partial charge in [-0.2, -0.15) is 5.10 Å². The number of ketones is 1. The first-order valence-electron chi connectivity index (χ1n) is 5.69. The normalized spacial score (nSPS) is 17.4. The lowest BCUT2D eigenvalue weighted by Crippen LogP contribution is -2.29. The summed E-state index contributed by atoms with van der Waals surface area (Å²) in [5.41, 5.74) is 0. The first-order valence-corrected chi connectivity index (χ1v) is 5.69. The van der Waals surface area contributed by atoms with Gasteiger partial charge in [-0.3, -0.25) is 9.48 Å². The summed E-state index contributed by atoms with van der Waals surface area (Å²) in [7, 11) is 1.79. The van der Waals surface area contributed by atoms with E-state index in [0.717, 1.165) is 12.8 Å². The molecule has 0 aromatic carbocycles. The molecule has 2 rings (SSSR count). The van der Waals surface area contributed by atoms with Crippen LogP contribution in [0.15, 0.2) is 6.33 Å². The minimum Gasteiger partial charge on any atom is -0.370 e. The maximum Gasteiger partial charge on any atom is 0.169 e. The van der Waals surface area contributed by atoms with Crippen molar-refractivity contribution >= 4 is 5.78 Å². The third kappa shape index (κ3) is 2.47. The summed E-state index contributed by atoms with van der Waals surface area (Å²) in [6, 6.07) is 0. The Kier molecular flexibility index (Phi) is 3.33. The average molecular weight is 223 g/mol. The highest BCUT2D eigenvalue weighted by atomic mass is 16.5. The molecule has 5 nitrogen and oxygen atoms in total. The lowest BCUT2D eigenvalue weighted by atomic mass is 10.1. The largest absolute Gasteiger partial charge is 0.370 e. The third-order valence-corrected chi connectivity index (χ3v) is 2.85. The van der Waals surface area contributed by atoms with E-state index in [0.29, 0.717) is 24.8 Å². The zero-order valence-electron chi connectivity index (χ0n) is 9.72. The molecule has 1 aliphatic rings. The Morgan fingerprint density at radius 1 is 1.69 bits per heavy atom. The maximum absolute atomic E-state index is 12.0. The van der Waals surface area contributed by atoms with Crippen LogP contribution in [-0.2, 0) is 23.0 Å². The highest BCUT2D eigenvalue weighted by Gasteiger charge is 2.36. The number of hydrogen-bond donors (Lipinski definition) is 0. The minimum atomic E-state index is -0.235. The topological polar surface area (TPSA) is 57.0 Å². The predicted molar refractivity (Wildman–Crippen MR) is 57.9 cm³/mol. The van der Waals surface area contributed by atoms with Crippen molar-refractivity contribution in [1.29, 1.82) is 0 Å². The second-order valence-corrected chi connectivity index (χ2v) is 4.16. The highest BCUT2D eigenvalue weighted by molar-refractivity contribution is 5.85. The van der Waals surface area contributed by atoms with E-state index in [2.05, 4.69) is 10.1 Å². The summed E-state index contributed by atoms with van der Waals surface area (Å²) in [5, 5.41) is 3.95. The summed E-state index contributed by atoms with van der Waals surface area (Å²) < 4.78 is 7.14. The van der Waals surface area contributed by atoms with Gasteiger partial charge in [0.1, 0.15) is 18.3 Å². The monoisotopic (exact) mass is 223 g/mol. The van der Waals surface area contributed by atoms with E-state index in [-0.39, 0.29) is 11.9 Å². The van der Waals surface area contributed by atoms with Crippen molar-refractivity contribution in [3.8, 4) is 0 Å². The summed E-state index contributed by atoms with van der Waals surface area (Å²) in [5.74, 6) is 1.26. The van der Waals surface area contributed by atoms with E-state index in [9.17, 15) is 4.79 Å². The standard InChI is InChI=1S/C11H17N3O2/c1-3-16-11(8-4-5-8)9(15)6-10-12-7-13-14(10)2/h7-8,11H,3-6H2,1-2H3. The van der Waals surface area contributed by atoms with Crippen molar-refractivity contribution in [3.05, 3.63) is 12.2 Å². The average Bonchev–Trinajstić information content (AvgIpc) is 3.01. The van der Waals surface area contributed by atoms with E-state index < -0.39 is 0 Å². The van der Waals surface area contributed by atoms with Gasteiger partial charge in [0.15, 0.2) is 5.78 Å². The third-order valence-electron chi connectivity index (χ3n) is 2.85. The lowest BCUT2D eigenvalue weighted by molar-refractivity contribution is -0.131. The van der Waals surface area contributed by atoms with Gasteiger partial charge < -0.3 is 4.74 Å². The van der Waals surface area contributed by atoms with Crippen LogP contribution in [0.25, 0.3) is 0 Å². The molecular formula is C11H17N3O2. The van der Waals surface area contributed by atoms with Crippen molar-refractivity contribution in [2.24, 2.45) is 13.0 Å². The summed E-state index contributed by atoms with van der Waals surface area (Å²) in [4.78, 5) is 16.1. The number of aryl methyl sites for hydroxylation is 1. The molecule has 0 amide bonds. The fourth-order valence-corrected chi connectivity index (χ4v) is 1.81. The van der Waals surface area contributed by atoms with Crippen LogP contribution < -0.4 is 0 Å². The first-order chi connectivity index (χ1) is 7.72. The Bertz CT molecular complexity index is 371. The molecule has 16 heavy (non-hydrogen) atoms. The van der Waals surface area contributed by atoms with E-state index in [1.165, 1.54) is 6.33 Å². The maximum atomic E-state index is 12.0. The molecule has 1 unspecified atom stereocenters. The highest BCUT2D eigenvalue weighted by Crippen LogP contribution is 2.35. The Hall–Kier alpha value is -1.23. The number of ether oxygens (including phenoxy) is 1. The van der Waals surface area contributed by atoms with Crippen LogP contribution in [0.4, 0.5) is 0 Å². The number of rotatable bonds is 6. The Morgan fingerprint density at radius 3 is 2.94 bits per heavy atom. The second-order valence-electron chi connectivity index (χ2n) is 4.16. The summed E-state index contributed by atoms with van der Waals surface area (Å²) >= 11 is 0. The van der Waals surface area contributed by atoms with Crippen LogP contribution in [0.5, 0.6) is 0 Å². The zero-order valence-corrected chi connectivity index (χ0v) is 9.72. The Morgan fingerprint density at radius 2 is 2.44 bits per heavy atom. The number of nitrogens with zero attached hydrogens (tertiary/aromatic N) is 3. The molecule has 88 valence electrons. The molecule has 1 heterocycles. The van der Waals surface area contributed by atoms with E-state index in [4.69, 9.17) is 4.74 Å². The van der Waals surface area contributed by atoms with E-state index >= 15 is 0 Å². The minimum absolute atomic E-state index is 0.125. The van der Waals surface area contributed by atoms with Crippen LogP contribution in [0.3, 0.4) is 0 Å². The molecule has 5 heteroatoms. The first kappa shape index (κ1) is 11.3. The van der Waals surface area contributed by atoms with Crippen molar-refractivity contribution in [2.75, 3.05) is 6.61 Å². The van der Waals surface area contributed by atoms with E-state index in [1.54, 1.807) is 11.7 Å². The van der Waals surface area contributed by atoms with Crippen LogP contribution in [0.2, 0.25) is 0 Å². The second kappa shape index (κ2) is 4.74. The van der Waals surface area contributed by atoms with Crippen molar-refractivity contribution in [3.63, 3.8) is 0 Å². The van der Waals surface area contributed by atoms with E-state index in [1.807, 2.05) is 6.92 Å². The van der Waals surface area contributed by atoms with Gasteiger partial charge in [0.05, 0.1) is 6.42 Å². The van der Waals surface area contributed by atoms with Crippen LogP contribution >= 0.6 is 0 Å². The molecule has 0 bridgehead atoms. The van der Waals surface area contributed by atoms with Crippen LogP contribution in [-0.4, -0.2) is 33.3 Å². The molecule has 1 atom stereocenters. The molecule has 0 aliphatic heterocycles. The van der Waals surface area contributed by atoms with Gasteiger partial charge in [-0.05, 0) is 25.7 Å². The van der Waals surface area contributed by atoms with Crippen molar-refractivity contribution < 1.29 is 9.53 Å². The van der Waals surface area contributed by atoms with Gasteiger partial charge in [-0.25, -0.2) is 4.98 Å². The van der Waals surface area contributed by atoms with Gasteiger partial charge in [0.2, 0.25) is 0 Å². The molecule has 0 saturated heterocycles. The molecule has 1 aromatic rings. The van der Waals surface area contributed by atoms with Gasteiger partial charge in [0, 0.05) is 13.7 Å². The van der Waals surface area contributed by atoms with Gasteiger partial charge in [-0.1, -0.05) is 0 Å². The Labute approximate surface area is 94.8 Å². The quantitative estimate of drug-likeness (QED) is 0.713. The number of carbonyl (C=O) groups is 1. The van der Waals surface area contributed by atoms with Crippen LogP contribution in [0.1, 0.15) is 25.6 Å². The predicted octanol–water partition coefficient (Wildman–Crippen LogP) is 0.742. The SMILES string of the molecule is CCOC(C(=O)Cc1ncnn1C)C1CC1. The molecular weight excluding hydrogens is 206 g/mol. The molecule has 1 aromatic heterocycles. The fourth-order valence-electron chi connectivity index (χ4n) is 1.81. The molecule has 1 aliphatic carbocycles. The summed E-state index contributed by atoms with van der Waals surface area (Å²) in [6.07, 6.45) is 3.76. The van der Waals surface area contributed by atoms with Crippen molar-refractivity contribution in [1.82, 2.24) is 14.8 Å². The number of Topliss-reactive ketones (excluding diaryl/α,β-unsaturated/α-hetero) is 1. The number of carbonyl (C=O) groups excluding carboxylic acids is 1. The lowest BCUT2D eigenvalue weighted by Gasteiger charge is -2.14. The number of hydrogen-bond acceptors (Lipinski definition) is 4. The fraction of sp³-hybridized carbons (Fsp3) is 0.727. The van der Waals surface area contributed by atoms with Gasteiger partial charge in [0.25, 0.3) is 0 Å². The summed E-state index contributed by atoms with van der Waals surface area (Å²) in [6.45, 7) is 2.51. The zero-order chi connectivity index (χ0) is 11.5. The van der Waals surface area contributed by atoms with Crippen LogP contribution in [0, 0.1) is 5.92 Å². The molecule has 0 N–H and O–H groups in total. The van der Waals surface area contributed by atoms with Gasteiger partial charge >= 0.3 is 0 Å².